The maximum Gasteiger partial charge on any atom is 0.310 e. The lowest BCUT2D eigenvalue weighted by Crippen LogP contribution is -2.36. The Morgan fingerprint density at radius 3 is 2.59 bits per heavy atom. The molecule has 7 heteroatoms. The number of rotatable bonds is 5. The van der Waals surface area contributed by atoms with Gasteiger partial charge < -0.3 is 10.1 Å². The van der Waals surface area contributed by atoms with Crippen LogP contribution in [0.3, 0.4) is 0 Å². The lowest BCUT2D eigenvalue weighted by atomic mass is 9.82. The van der Waals surface area contributed by atoms with Gasteiger partial charge in [0.15, 0.2) is 0 Å². The molecule has 2 unspecified atom stereocenters. The maximum absolute atomic E-state index is 12.5. The van der Waals surface area contributed by atoms with Crippen molar-refractivity contribution in [3.63, 3.8) is 0 Å². The molecule has 1 aliphatic rings. The zero-order valence-electron chi connectivity index (χ0n) is 13.0. The number of carbonyl (C=O) groups is 2. The van der Waals surface area contributed by atoms with Crippen molar-refractivity contribution in [3.05, 3.63) is 17.2 Å². The van der Waals surface area contributed by atoms with Crippen molar-refractivity contribution in [2.24, 2.45) is 11.8 Å². The van der Waals surface area contributed by atoms with Gasteiger partial charge in [-0.2, -0.15) is 0 Å². The zero-order valence-corrected chi connectivity index (χ0v) is 13.9. The van der Waals surface area contributed by atoms with E-state index in [0.717, 1.165) is 11.4 Å². The molecule has 0 spiro atoms. The van der Waals surface area contributed by atoms with Gasteiger partial charge >= 0.3 is 5.97 Å². The third kappa shape index (κ3) is 4.13. The van der Waals surface area contributed by atoms with Gasteiger partial charge in [-0.25, -0.2) is 0 Å². The summed E-state index contributed by atoms with van der Waals surface area (Å²) in [6, 6.07) is 0. The van der Waals surface area contributed by atoms with Crippen molar-refractivity contribution < 1.29 is 14.3 Å². The molecule has 1 amide bonds. The van der Waals surface area contributed by atoms with Crippen molar-refractivity contribution in [1.82, 2.24) is 10.2 Å². The Hall–Kier alpha value is -1.76. The Morgan fingerprint density at radius 2 is 2.00 bits per heavy atom. The molecule has 1 aliphatic carbocycles. The molecule has 0 fully saturated rings. The van der Waals surface area contributed by atoms with E-state index < -0.39 is 11.8 Å². The van der Waals surface area contributed by atoms with Crippen LogP contribution < -0.4 is 5.32 Å². The highest BCUT2D eigenvalue weighted by atomic mass is 32.1. The van der Waals surface area contributed by atoms with Crippen molar-refractivity contribution >= 4 is 28.3 Å². The van der Waals surface area contributed by atoms with Crippen LogP contribution in [0.25, 0.3) is 0 Å². The monoisotopic (exact) mass is 323 g/mol. The molecule has 0 aliphatic heterocycles. The molecular formula is C15H21N3O3S. The summed E-state index contributed by atoms with van der Waals surface area (Å²) in [7, 11) is 0. The highest BCUT2D eigenvalue weighted by molar-refractivity contribution is 7.15. The van der Waals surface area contributed by atoms with Crippen LogP contribution in [-0.2, 0) is 20.7 Å². The summed E-state index contributed by atoms with van der Waals surface area (Å²) >= 11 is 1.36. The number of aromatic nitrogens is 2. The van der Waals surface area contributed by atoms with E-state index in [9.17, 15) is 9.59 Å². The summed E-state index contributed by atoms with van der Waals surface area (Å²) in [6.45, 7) is 5.59. The molecule has 1 N–H and O–H groups in total. The van der Waals surface area contributed by atoms with Crippen LogP contribution in [-0.4, -0.2) is 28.2 Å². The van der Waals surface area contributed by atoms with E-state index in [0.29, 0.717) is 18.0 Å². The summed E-state index contributed by atoms with van der Waals surface area (Å²) in [5, 5.41) is 12.0. The summed E-state index contributed by atoms with van der Waals surface area (Å²) in [5.41, 5.74) is 0. The summed E-state index contributed by atoms with van der Waals surface area (Å²) in [6.07, 6.45) is 5.51. The minimum Gasteiger partial charge on any atom is -0.463 e. The number of ether oxygens (including phenoxy) is 1. The van der Waals surface area contributed by atoms with Gasteiger partial charge in [-0.3, -0.25) is 9.59 Å². The second-order valence-corrected chi connectivity index (χ2v) is 6.55. The maximum atomic E-state index is 12.5. The van der Waals surface area contributed by atoms with Gasteiger partial charge in [0, 0.05) is 0 Å². The molecule has 2 rings (SSSR count). The lowest BCUT2D eigenvalue weighted by molar-refractivity contribution is -0.156. The first-order valence-electron chi connectivity index (χ1n) is 7.50. The fourth-order valence-electron chi connectivity index (χ4n) is 2.33. The van der Waals surface area contributed by atoms with Crippen LogP contribution in [0, 0.1) is 11.8 Å². The molecule has 0 saturated carbocycles. The smallest absolute Gasteiger partial charge is 0.310 e. The quantitative estimate of drug-likeness (QED) is 0.665. The van der Waals surface area contributed by atoms with Crippen molar-refractivity contribution in [1.29, 1.82) is 0 Å². The van der Waals surface area contributed by atoms with E-state index in [4.69, 9.17) is 4.74 Å². The molecular weight excluding hydrogens is 302 g/mol. The number of carbonyl (C=O) groups excluding carboxylic acids is 2. The van der Waals surface area contributed by atoms with E-state index in [2.05, 4.69) is 15.5 Å². The third-order valence-corrected chi connectivity index (χ3v) is 4.41. The molecule has 0 saturated heterocycles. The summed E-state index contributed by atoms with van der Waals surface area (Å²) < 4.78 is 5.26. The van der Waals surface area contributed by atoms with Crippen molar-refractivity contribution in [3.8, 4) is 0 Å². The fourth-order valence-corrected chi connectivity index (χ4v) is 3.01. The first-order chi connectivity index (χ1) is 10.5. The molecule has 0 aromatic carbocycles. The van der Waals surface area contributed by atoms with Crippen molar-refractivity contribution in [2.45, 2.75) is 46.1 Å². The molecule has 6 nitrogen and oxygen atoms in total. The van der Waals surface area contributed by atoms with Crippen LogP contribution in [0.4, 0.5) is 5.13 Å². The molecule has 1 heterocycles. The van der Waals surface area contributed by atoms with Gasteiger partial charge in [0.2, 0.25) is 11.0 Å². The van der Waals surface area contributed by atoms with E-state index in [1.165, 1.54) is 11.3 Å². The Kier molecular flexibility index (Phi) is 5.65. The Labute approximate surface area is 134 Å². The molecule has 0 radical (unpaired) electrons. The second-order valence-electron chi connectivity index (χ2n) is 5.49. The Balaban J connectivity index is 2.05. The number of nitrogens with one attached hydrogen (secondary N) is 1. The summed E-state index contributed by atoms with van der Waals surface area (Å²) in [5.74, 6) is -1.38. The largest absolute Gasteiger partial charge is 0.463 e. The lowest BCUT2D eigenvalue weighted by Gasteiger charge is -2.26. The van der Waals surface area contributed by atoms with Crippen LogP contribution in [0.2, 0.25) is 0 Å². The molecule has 0 bridgehead atoms. The molecule has 1 aromatic rings. The predicted molar refractivity (Wildman–Crippen MR) is 84.5 cm³/mol. The van der Waals surface area contributed by atoms with Gasteiger partial charge in [0.05, 0.1) is 17.9 Å². The van der Waals surface area contributed by atoms with E-state index >= 15 is 0 Å². The summed E-state index contributed by atoms with van der Waals surface area (Å²) in [4.78, 5) is 24.6. The van der Waals surface area contributed by atoms with E-state index in [1.807, 2.05) is 19.1 Å². The fraction of sp³-hybridized carbons (Fsp3) is 0.600. The van der Waals surface area contributed by atoms with Crippen molar-refractivity contribution in [2.75, 3.05) is 5.32 Å². The number of esters is 1. The topological polar surface area (TPSA) is 81.2 Å². The Bertz CT molecular complexity index is 568. The highest BCUT2D eigenvalue weighted by Gasteiger charge is 2.35. The number of amides is 1. The molecule has 22 heavy (non-hydrogen) atoms. The van der Waals surface area contributed by atoms with Crippen LogP contribution >= 0.6 is 11.3 Å². The Morgan fingerprint density at radius 1 is 1.32 bits per heavy atom. The van der Waals surface area contributed by atoms with Gasteiger partial charge in [-0.1, -0.05) is 30.4 Å². The molecule has 120 valence electrons. The van der Waals surface area contributed by atoms with Gasteiger partial charge in [0.25, 0.3) is 0 Å². The average molecular weight is 323 g/mol. The van der Waals surface area contributed by atoms with Gasteiger partial charge in [-0.05, 0) is 33.1 Å². The van der Waals surface area contributed by atoms with Crippen LogP contribution in [0.15, 0.2) is 12.2 Å². The van der Waals surface area contributed by atoms with Gasteiger partial charge in [0.1, 0.15) is 5.01 Å². The molecule has 1 aromatic heterocycles. The highest BCUT2D eigenvalue weighted by Crippen LogP contribution is 2.29. The first kappa shape index (κ1) is 16.6. The minimum absolute atomic E-state index is 0.183. The first-order valence-corrected chi connectivity index (χ1v) is 8.31. The number of aryl methyl sites for hydroxylation is 1. The van der Waals surface area contributed by atoms with E-state index in [1.54, 1.807) is 13.8 Å². The van der Waals surface area contributed by atoms with E-state index in [-0.39, 0.29) is 18.0 Å². The standard InChI is InChI=1S/C15H21N3O3S/c1-4-12-17-18-15(22-12)16-13(19)10-7-5-6-8-11(10)14(20)21-9(2)3/h5-6,9-11H,4,7-8H2,1-3H3,(H,16,18,19). The average Bonchev–Trinajstić information content (AvgIpc) is 2.94. The van der Waals surface area contributed by atoms with Gasteiger partial charge in [-0.15, -0.1) is 10.2 Å². The number of allylic oxidation sites excluding steroid dienone is 2. The third-order valence-electron chi connectivity index (χ3n) is 3.42. The number of hydrogen-bond acceptors (Lipinski definition) is 6. The van der Waals surface area contributed by atoms with Crippen LogP contribution in [0.1, 0.15) is 38.6 Å². The zero-order chi connectivity index (χ0) is 16.1. The number of hydrogen-bond donors (Lipinski definition) is 1. The van der Waals surface area contributed by atoms with Crippen LogP contribution in [0.5, 0.6) is 0 Å². The number of nitrogens with zero attached hydrogens (tertiary/aromatic N) is 2. The minimum atomic E-state index is -0.439. The number of anilines is 1. The second kappa shape index (κ2) is 7.49. The normalized spacial score (nSPS) is 20.9. The SMILES string of the molecule is CCc1nnc(NC(=O)C2CC=CCC2C(=O)OC(C)C)s1. The molecule has 2 atom stereocenters. The predicted octanol–water partition coefficient (Wildman–Crippen LogP) is 2.57.